The summed E-state index contributed by atoms with van der Waals surface area (Å²) >= 11 is 0. The molecule has 90 valence electrons. The van der Waals surface area contributed by atoms with Crippen molar-refractivity contribution in [3.63, 3.8) is 0 Å². The molecule has 0 fully saturated rings. The van der Waals surface area contributed by atoms with E-state index in [4.69, 9.17) is 0 Å². The van der Waals surface area contributed by atoms with Crippen LogP contribution in [0.25, 0.3) is 0 Å². The van der Waals surface area contributed by atoms with Crippen molar-refractivity contribution in [1.82, 2.24) is 10.3 Å². The first-order chi connectivity index (χ1) is 7.27. The third-order valence-electron chi connectivity index (χ3n) is 3.25. The molecule has 0 aliphatic carbocycles. The molecular formula is C14H24N2. The number of nitrogens with one attached hydrogen (secondary N) is 1. The van der Waals surface area contributed by atoms with Gasteiger partial charge in [0, 0.05) is 17.4 Å². The predicted octanol–water partition coefficient (Wildman–Crippen LogP) is 3.06. The second-order valence-corrected chi connectivity index (χ2v) is 5.88. The molecule has 0 saturated heterocycles. The molecule has 0 aliphatic heterocycles. The molecule has 0 saturated carbocycles. The van der Waals surface area contributed by atoms with Crippen LogP contribution < -0.4 is 5.32 Å². The van der Waals surface area contributed by atoms with Gasteiger partial charge in [-0.05, 0) is 51.3 Å². The molecule has 1 heterocycles. The molecule has 1 rings (SSSR count). The summed E-state index contributed by atoms with van der Waals surface area (Å²) in [7, 11) is 2.02. The van der Waals surface area contributed by atoms with E-state index in [-0.39, 0.29) is 11.0 Å². The Hall–Kier alpha value is -0.890. The Morgan fingerprint density at radius 2 is 1.81 bits per heavy atom. The lowest BCUT2D eigenvalue weighted by molar-refractivity contribution is 0.304. The minimum absolute atomic E-state index is 0.146. The molecule has 1 N–H and O–H groups in total. The summed E-state index contributed by atoms with van der Waals surface area (Å²) in [5, 5.41) is 3.36. The molecule has 0 atom stereocenters. The highest BCUT2D eigenvalue weighted by molar-refractivity contribution is 5.22. The van der Waals surface area contributed by atoms with Crippen LogP contribution in [0.15, 0.2) is 18.3 Å². The monoisotopic (exact) mass is 220 g/mol. The van der Waals surface area contributed by atoms with E-state index < -0.39 is 0 Å². The van der Waals surface area contributed by atoms with Crippen LogP contribution in [0.1, 0.15) is 45.4 Å². The number of nitrogens with zero attached hydrogens (tertiary/aromatic N) is 1. The number of hydrogen-bond acceptors (Lipinski definition) is 2. The lowest BCUT2D eigenvalue weighted by Crippen LogP contribution is -2.41. The van der Waals surface area contributed by atoms with Crippen LogP contribution in [0.4, 0.5) is 0 Å². The normalized spacial score (nSPS) is 12.9. The molecule has 0 unspecified atom stereocenters. The maximum Gasteiger partial charge on any atom is 0.0372 e. The van der Waals surface area contributed by atoms with Gasteiger partial charge in [0.25, 0.3) is 0 Å². The average Bonchev–Trinajstić information content (AvgIpc) is 2.17. The van der Waals surface area contributed by atoms with Gasteiger partial charge in [-0.2, -0.15) is 0 Å². The first-order valence-corrected chi connectivity index (χ1v) is 5.89. The second kappa shape index (κ2) is 4.54. The van der Waals surface area contributed by atoms with Crippen LogP contribution in [-0.4, -0.2) is 17.6 Å². The maximum absolute atomic E-state index is 4.38. The van der Waals surface area contributed by atoms with E-state index in [9.17, 15) is 0 Å². The van der Waals surface area contributed by atoms with Gasteiger partial charge in [-0.15, -0.1) is 0 Å². The van der Waals surface area contributed by atoms with Crippen LogP contribution in [0.2, 0.25) is 0 Å². The van der Waals surface area contributed by atoms with Crippen LogP contribution in [-0.2, 0) is 5.41 Å². The second-order valence-electron chi connectivity index (χ2n) is 5.88. The average molecular weight is 220 g/mol. The lowest BCUT2D eigenvalue weighted by Gasteiger charge is -2.35. The van der Waals surface area contributed by atoms with Crippen LogP contribution in [0.5, 0.6) is 0 Å². The fourth-order valence-corrected chi connectivity index (χ4v) is 2.16. The summed E-state index contributed by atoms with van der Waals surface area (Å²) < 4.78 is 0. The molecule has 0 amide bonds. The molecule has 16 heavy (non-hydrogen) atoms. The molecule has 1 aromatic heterocycles. The zero-order valence-electron chi connectivity index (χ0n) is 11.4. The first-order valence-electron chi connectivity index (χ1n) is 5.89. The Morgan fingerprint density at radius 3 is 2.25 bits per heavy atom. The van der Waals surface area contributed by atoms with E-state index in [0.717, 1.165) is 12.1 Å². The molecule has 0 aliphatic rings. The lowest BCUT2D eigenvalue weighted by atomic mass is 9.75. The molecule has 2 nitrogen and oxygen atoms in total. The Kier molecular flexibility index (Phi) is 3.74. The minimum Gasteiger partial charge on any atom is -0.315 e. The van der Waals surface area contributed by atoms with E-state index in [1.807, 2.05) is 20.2 Å². The number of aromatic nitrogens is 1. The van der Waals surface area contributed by atoms with E-state index in [2.05, 4.69) is 50.1 Å². The quantitative estimate of drug-likeness (QED) is 0.843. The van der Waals surface area contributed by atoms with Crippen molar-refractivity contribution in [1.29, 1.82) is 0 Å². The van der Waals surface area contributed by atoms with Crippen molar-refractivity contribution in [2.24, 2.45) is 0 Å². The maximum atomic E-state index is 4.38. The van der Waals surface area contributed by atoms with E-state index in [0.29, 0.717) is 0 Å². The number of pyridine rings is 1. The summed E-state index contributed by atoms with van der Waals surface area (Å²) in [4.78, 5) is 4.38. The molecule has 0 radical (unpaired) electrons. The van der Waals surface area contributed by atoms with Crippen LogP contribution in [0.3, 0.4) is 0 Å². The third-order valence-corrected chi connectivity index (χ3v) is 3.25. The Morgan fingerprint density at radius 1 is 1.19 bits per heavy atom. The zero-order chi connectivity index (χ0) is 12.4. The van der Waals surface area contributed by atoms with Crippen molar-refractivity contribution >= 4 is 0 Å². The van der Waals surface area contributed by atoms with E-state index in [1.54, 1.807) is 0 Å². The number of rotatable bonds is 4. The Bertz CT molecular complexity index is 336. The van der Waals surface area contributed by atoms with Crippen molar-refractivity contribution in [3.8, 4) is 0 Å². The fraction of sp³-hybridized carbons (Fsp3) is 0.643. The summed E-state index contributed by atoms with van der Waals surface area (Å²) in [6.45, 7) is 11.0. The molecule has 0 bridgehead atoms. The summed E-state index contributed by atoms with van der Waals surface area (Å²) in [6, 6.07) is 4.28. The van der Waals surface area contributed by atoms with Crippen LogP contribution >= 0.6 is 0 Å². The van der Waals surface area contributed by atoms with Gasteiger partial charge in [0.15, 0.2) is 0 Å². The van der Waals surface area contributed by atoms with Crippen molar-refractivity contribution in [2.45, 2.75) is 52.0 Å². The smallest absolute Gasteiger partial charge is 0.0372 e. The van der Waals surface area contributed by atoms with E-state index in [1.165, 1.54) is 5.56 Å². The third kappa shape index (κ3) is 3.31. The summed E-state index contributed by atoms with van der Waals surface area (Å²) in [5.74, 6) is 0. The topological polar surface area (TPSA) is 24.9 Å². The fourth-order valence-electron chi connectivity index (χ4n) is 2.16. The molecule has 0 spiro atoms. The zero-order valence-corrected chi connectivity index (χ0v) is 11.4. The van der Waals surface area contributed by atoms with Crippen molar-refractivity contribution < 1.29 is 0 Å². The van der Waals surface area contributed by atoms with Crippen molar-refractivity contribution in [3.05, 3.63) is 29.6 Å². The highest BCUT2D eigenvalue weighted by atomic mass is 14.9. The highest BCUT2D eigenvalue weighted by Gasteiger charge is 2.29. The van der Waals surface area contributed by atoms with E-state index >= 15 is 0 Å². The van der Waals surface area contributed by atoms with Gasteiger partial charge >= 0.3 is 0 Å². The number of aryl methyl sites for hydroxylation is 1. The van der Waals surface area contributed by atoms with Gasteiger partial charge in [0.1, 0.15) is 0 Å². The molecule has 1 aromatic rings. The molecule has 0 aromatic carbocycles. The van der Waals surface area contributed by atoms with Gasteiger partial charge in [-0.3, -0.25) is 4.98 Å². The predicted molar refractivity (Wildman–Crippen MR) is 69.8 cm³/mol. The molecular weight excluding hydrogens is 196 g/mol. The molecule has 2 heteroatoms. The summed E-state index contributed by atoms with van der Waals surface area (Å²) in [6.07, 6.45) is 3.09. The Balaban J connectivity index is 2.89. The van der Waals surface area contributed by atoms with Gasteiger partial charge in [-0.1, -0.05) is 19.9 Å². The highest BCUT2D eigenvalue weighted by Crippen LogP contribution is 2.31. The largest absolute Gasteiger partial charge is 0.315 e. The minimum atomic E-state index is 0.146. The van der Waals surface area contributed by atoms with Crippen LogP contribution in [0, 0.1) is 6.92 Å². The summed E-state index contributed by atoms with van der Waals surface area (Å²) in [5.41, 5.74) is 2.68. The van der Waals surface area contributed by atoms with Gasteiger partial charge in [-0.25, -0.2) is 0 Å². The van der Waals surface area contributed by atoms with Gasteiger partial charge in [0.05, 0.1) is 0 Å². The Labute approximate surface area is 99.5 Å². The SMILES string of the molecule is CNC(C)(C)CC(C)(C)c1ccc(C)nc1. The number of hydrogen-bond donors (Lipinski definition) is 1. The van der Waals surface area contributed by atoms with Gasteiger partial charge in [0.2, 0.25) is 0 Å². The standard InChI is InChI=1S/C14H24N2/c1-11-7-8-12(9-16-11)13(2,3)10-14(4,5)15-6/h7-9,15H,10H2,1-6H3. The first kappa shape index (κ1) is 13.2. The van der Waals surface area contributed by atoms with Gasteiger partial charge < -0.3 is 5.32 Å². The van der Waals surface area contributed by atoms with Crippen molar-refractivity contribution in [2.75, 3.05) is 7.05 Å².